The lowest BCUT2D eigenvalue weighted by Crippen LogP contribution is -2.39. The van der Waals surface area contributed by atoms with Crippen LogP contribution in [-0.4, -0.2) is 25.9 Å². The maximum absolute atomic E-state index is 5.96. The van der Waals surface area contributed by atoms with E-state index < -0.39 is 0 Å². The van der Waals surface area contributed by atoms with Crippen molar-refractivity contribution in [3.63, 3.8) is 0 Å². The Bertz CT molecular complexity index is 460. The van der Waals surface area contributed by atoms with Gasteiger partial charge in [-0.15, -0.1) is 0 Å². The molecule has 1 saturated carbocycles. The molecule has 1 aliphatic heterocycles. The summed E-state index contributed by atoms with van der Waals surface area (Å²) in [5, 5.41) is 3.84. The third-order valence-corrected chi connectivity index (χ3v) is 4.67. The molecule has 0 aromatic heterocycles. The zero-order valence-electron chi connectivity index (χ0n) is 12.5. The SMILES string of the molecule is COC1CCCC1NC1CCCOc2c(C)cccc21. The van der Waals surface area contributed by atoms with Crippen molar-refractivity contribution < 1.29 is 9.47 Å². The molecule has 1 N–H and O–H groups in total. The van der Waals surface area contributed by atoms with Crippen molar-refractivity contribution in [2.45, 2.75) is 57.2 Å². The van der Waals surface area contributed by atoms with Crippen LogP contribution in [0.4, 0.5) is 0 Å². The summed E-state index contributed by atoms with van der Waals surface area (Å²) in [5.74, 6) is 1.09. The van der Waals surface area contributed by atoms with E-state index in [4.69, 9.17) is 9.47 Å². The molecule has 20 heavy (non-hydrogen) atoms. The molecule has 1 aromatic rings. The van der Waals surface area contributed by atoms with E-state index in [1.807, 2.05) is 7.11 Å². The van der Waals surface area contributed by atoms with Crippen LogP contribution in [0, 0.1) is 6.92 Å². The number of benzene rings is 1. The molecular weight excluding hydrogens is 250 g/mol. The van der Waals surface area contributed by atoms with E-state index in [1.165, 1.54) is 30.4 Å². The molecule has 1 aliphatic carbocycles. The molecule has 3 nitrogen and oxygen atoms in total. The minimum atomic E-state index is 0.368. The Morgan fingerprint density at radius 1 is 1.20 bits per heavy atom. The highest BCUT2D eigenvalue weighted by Gasteiger charge is 2.31. The molecule has 0 saturated heterocycles. The lowest BCUT2D eigenvalue weighted by Gasteiger charge is -2.26. The Morgan fingerprint density at radius 2 is 2.10 bits per heavy atom. The Kier molecular flexibility index (Phi) is 4.27. The molecule has 0 spiro atoms. The van der Waals surface area contributed by atoms with Gasteiger partial charge in [-0.05, 0) is 44.6 Å². The molecule has 0 radical (unpaired) electrons. The molecule has 1 aromatic carbocycles. The van der Waals surface area contributed by atoms with Crippen LogP contribution in [-0.2, 0) is 4.74 Å². The zero-order valence-corrected chi connectivity index (χ0v) is 12.5. The van der Waals surface area contributed by atoms with Gasteiger partial charge in [0, 0.05) is 24.8 Å². The van der Waals surface area contributed by atoms with Crippen LogP contribution in [0.5, 0.6) is 5.75 Å². The van der Waals surface area contributed by atoms with Gasteiger partial charge in [0.2, 0.25) is 0 Å². The van der Waals surface area contributed by atoms with Crippen LogP contribution in [0.1, 0.15) is 49.3 Å². The van der Waals surface area contributed by atoms with E-state index >= 15 is 0 Å². The number of methoxy groups -OCH3 is 1. The van der Waals surface area contributed by atoms with E-state index in [2.05, 4.69) is 30.4 Å². The van der Waals surface area contributed by atoms with Crippen LogP contribution in [0.3, 0.4) is 0 Å². The Labute approximate surface area is 121 Å². The summed E-state index contributed by atoms with van der Waals surface area (Å²) >= 11 is 0. The number of para-hydroxylation sites is 1. The van der Waals surface area contributed by atoms with Gasteiger partial charge in [-0.2, -0.15) is 0 Å². The van der Waals surface area contributed by atoms with E-state index in [0.717, 1.165) is 25.2 Å². The summed E-state index contributed by atoms with van der Waals surface area (Å²) in [4.78, 5) is 0. The second-order valence-corrected chi connectivity index (χ2v) is 6.01. The predicted octanol–water partition coefficient (Wildman–Crippen LogP) is 3.37. The van der Waals surface area contributed by atoms with Gasteiger partial charge in [-0.3, -0.25) is 0 Å². The Hall–Kier alpha value is -1.06. The lowest BCUT2D eigenvalue weighted by molar-refractivity contribution is 0.0808. The number of hydrogen-bond donors (Lipinski definition) is 1. The van der Waals surface area contributed by atoms with Crippen LogP contribution in [0.15, 0.2) is 18.2 Å². The van der Waals surface area contributed by atoms with Gasteiger partial charge < -0.3 is 14.8 Å². The molecular formula is C17H25NO2. The van der Waals surface area contributed by atoms with Crippen LogP contribution >= 0.6 is 0 Å². The first-order valence-electron chi connectivity index (χ1n) is 7.80. The number of aryl methyl sites for hydroxylation is 1. The summed E-state index contributed by atoms with van der Waals surface area (Å²) in [5.41, 5.74) is 2.56. The van der Waals surface area contributed by atoms with Gasteiger partial charge in [0.15, 0.2) is 0 Å². The first-order chi connectivity index (χ1) is 9.79. The highest BCUT2D eigenvalue weighted by atomic mass is 16.5. The second kappa shape index (κ2) is 6.15. The summed E-state index contributed by atoms with van der Waals surface area (Å²) in [7, 11) is 1.83. The number of nitrogens with one attached hydrogen (secondary N) is 1. The second-order valence-electron chi connectivity index (χ2n) is 6.01. The molecule has 2 aliphatic rings. The molecule has 3 unspecified atom stereocenters. The standard InChI is InChI=1S/C17H25NO2/c1-12-6-3-7-13-14(9-5-11-20-17(12)13)18-15-8-4-10-16(15)19-2/h3,6-7,14-16,18H,4-5,8-11H2,1-2H3. The number of ether oxygens (including phenoxy) is 2. The fourth-order valence-corrected chi connectivity index (χ4v) is 3.59. The first kappa shape index (κ1) is 13.9. The topological polar surface area (TPSA) is 30.5 Å². The van der Waals surface area contributed by atoms with Gasteiger partial charge in [0.1, 0.15) is 5.75 Å². The monoisotopic (exact) mass is 275 g/mol. The highest BCUT2D eigenvalue weighted by molar-refractivity contribution is 5.43. The molecule has 0 bridgehead atoms. The molecule has 0 amide bonds. The van der Waals surface area contributed by atoms with Crippen LogP contribution < -0.4 is 10.1 Å². The van der Waals surface area contributed by atoms with Gasteiger partial charge in [0.25, 0.3) is 0 Å². The quantitative estimate of drug-likeness (QED) is 0.917. The van der Waals surface area contributed by atoms with Crippen molar-refractivity contribution in [1.82, 2.24) is 5.32 Å². The highest BCUT2D eigenvalue weighted by Crippen LogP contribution is 2.35. The molecule has 3 atom stereocenters. The van der Waals surface area contributed by atoms with Gasteiger partial charge in [-0.1, -0.05) is 18.2 Å². The smallest absolute Gasteiger partial charge is 0.126 e. The minimum Gasteiger partial charge on any atom is -0.493 e. The van der Waals surface area contributed by atoms with E-state index in [1.54, 1.807) is 0 Å². The van der Waals surface area contributed by atoms with E-state index in [0.29, 0.717) is 18.2 Å². The number of hydrogen-bond acceptors (Lipinski definition) is 3. The van der Waals surface area contributed by atoms with Gasteiger partial charge >= 0.3 is 0 Å². The predicted molar refractivity (Wildman–Crippen MR) is 80.2 cm³/mol. The summed E-state index contributed by atoms with van der Waals surface area (Å²) in [6.45, 7) is 2.96. The molecule has 1 fully saturated rings. The Morgan fingerprint density at radius 3 is 2.95 bits per heavy atom. The minimum absolute atomic E-state index is 0.368. The molecule has 3 heteroatoms. The van der Waals surface area contributed by atoms with Crippen molar-refractivity contribution in [2.75, 3.05) is 13.7 Å². The number of rotatable bonds is 3. The molecule has 3 rings (SSSR count). The average molecular weight is 275 g/mol. The zero-order chi connectivity index (χ0) is 13.9. The normalized spacial score (nSPS) is 29.6. The molecule has 110 valence electrons. The fourth-order valence-electron chi connectivity index (χ4n) is 3.59. The summed E-state index contributed by atoms with van der Waals surface area (Å²) in [6, 6.07) is 7.36. The third-order valence-electron chi connectivity index (χ3n) is 4.67. The summed E-state index contributed by atoms with van der Waals surface area (Å²) < 4.78 is 11.6. The van der Waals surface area contributed by atoms with Crippen molar-refractivity contribution >= 4 is 0 Å². The van der Waals surface area contributed by atoms with Crippen molar-refractivity contribution in [2.24, 2.45) is 0 Å². The van der Waals surface area contributed by atoms with Gasteiger partial charge in [0.05, 0.1) is 12.7 Å². The van der Waals surface area contributed by atoms with Gasteiger partial charge in [-0.25, -0.2) is 0 Å². The van der Waals surface area contributed by atoms with Crippen molar-refractivity contribution in [3.8, 4) is 5.75 Å². The maximum atomic E-state index is 5.96. The third kappa shape index (κ3) is 2.70. The van der Waals surface area contributed by atoms with Crippen molar-refractivity contribution in [3.05, 3.63) is 29.3 Å². The summed E-state index contributed by atoms with van der Waals surface area (Å²) in [6.07, 6.45) is 6.28. The maximum Gasteiger partial charge on any atom is 0.126 e. The van der Waals surface area contributed by atoms with Crippen LogP contribution in [0.2, 0.25) is 0 Å². The van der Waals surface area contributed by atoms with E-state index in [9.17, 15) is 0 Å². The van der Waals surface area contributed by atoms with E-state index in [-0.39, 0.29) is 0 Å². The Balaban J connectivity index is 1.81. The first-order valence-corrected chi connectivity index (χ1v) is 7.80. The number of fused-ring (bicyclic) bond motifs is 1. The fraction of sp³-hybridized carbons (Fsp3) is 0.647. The van der Waals surface area contributed by atoms with Crippen LogP contribution in [0.25, 0.3) is 0 Å². The average Bonchev–Trinajstić information content (AvgIpc) is 2.80. The molecule has 1 heterocycles. The lowest BCUT2D eigenvalue weighted by atomic mass is 9.98. The van der Waals surface area contributed by atoms with Crippen molar-refractivity contribution in [1.29, 1.82) is 0 Å². The largest absolute Gasteiger partial charge is 0.493 e.